The molecule has 0 aromatic heterocycles. The van der Waals surface area contributed by atoms with E-state index in [1.54, 1.807) is 5.32 Å². The lowest BCUT2D eigenvalue weighted by atomic mass is 10.2. The highest BCUT2D eigenvalue weighted by Gasteiger charge is 2.44. The number of hydrogen-bond donors (Lipinski definition) is 2. The Bertz CT molecular complexity index is 886. The van der Waals surface area contributed by atoms with Gasteiger partial charge in [-0.2, -0.15) is 17.6 Å². The van der Waals surface area contributed by atoms with Gasteiger partial charge in [0, 0.05) is 6.07 Å². The standard InChI is InChI=1S/C16H9F7N2O3/c17-8-2-1-3-9(18)12(8)13(26)25-15(27)24-11-5-4-7(6-10(11)19)28-16(22,23)14(20)21/h1-6,14H,(H2,24,25,26,27). The van der Waals surface area contributed by atoms with E-state index in [0.29, 0.717) is 12.1 Å². The number of carbonyl (C=O) groups is 2. The van der Waals surface area contributed by atoms with Crippen LogP contribution >= 0.6 is 0 Å². The van der Waals surface area contributed by atoms with E-state index in [0.717, 1.165) is 18.2 Å². The van der Waals surface area contributed by atoms with Crippen molar-refractivity contribution in [2.75, 3.05) is 5.32 Å². The summed E-state index contributed by atoms with van der Waals surface area (Å²) in [5, 5.41) is 3.32. The molecule has 0 unspecified atom stereocenters. The number of amides is 3. The number of anilines is 1. The Kier molecular flexibility index (Phi) is 6.11. The van der Waals surface area contributed by atoms with E-state index >= 15 is 0 Å². The molecule has 0 saturated carbocycles. The number of halogens is 7. The molecule has 28 heavy (non-hydrogen) atoms. The number of rotatable bonds is 5. The molecule has 2 aromatic rings. The maximum Gasteiger partial charge on any atom is 0.461 e. The first-order chi connectivity index (χ1) is 13.0. The van der Waals surface area contributed by atoms with Gasteiger partial charge in [-0.25, -0.2) is 18.0 Å². The zero-order valence-electron chi connectivity index (χ0n) is 13.4. The van der Waals surface area contributed by atoms with Crippen LogP contribution in [0.4, 0.5) is 41.2 Å². The highest BCUT2D eigenvalue weighted by molar-refractivity contribution is 6.08. The van der Waals surface area contributed by atoms with Crippen LogP contribution in [-0.2, 0) is 0 Å². The second kappa shape index (κ2) is 8.15. The first-order valence-corrected chi connectivity index (χ1v) is 7.22. The molecule has 0 bridgehead atoms. The third kappa shape index (κ3) is 4.90. The van der Waals surface area contributed by atoms with E-state index in [4.69, 9.17) is 0 Å². The molecule has 2 rings (SSSR count). The number of urea groups is 1. The molecule has 2 aromatic carbocycles. The number of carbonyl (C=O) groups excluding carboxylic acids is 2. The minimum Gasteiger partial charge on any atom is -0.428 e. The van der Waals surface area contributed by atoms with Gasteiger partial charge >= 0.3 is 18.6 Å². The minimum atomic E-state index is -4.87. The molecule has 12 heteroatoms. The summed E-state index contributed by atoms with van der Waals surface area (Å²) in [5.74, 6) is -6.30. The third-order valence-corrected chi connectivity index (χ3v) is 3.11. The molecule has 3 amide bonds. The lowest BCUT2D eigenvalue weighted by molar-refractivity contribution is -0.253. The van der Waals surface area contributed by atoms with Crippen LogP contribution in [-0.4, -0.2) is 24.5 Å². The van der Waals surface area contributed by atoms with Gasteiger partial charge in [0.15, 0.2) is 0 Å². The van der Waals surface area contributed by atoms with Gasteiger partial charge in [-0.1, -0.05) is 6.07 Å². The highest BCUT2D eigenvalue weighted by atomic mass is 19.3. The van der Waals surface area contributed by atoms with Crippen molar-refractivity contribution in [2.45, 2.75) is 12.5 Å². The fraction of sp³-hybridized carbons (Fsp3) is 0.125. The molecule has 0 aliphatic rings. The van der Waals surface area contributed by atoms with Crippen molar-refractivity contribution in [3.8, 4) is 5.75 Å². The van der Waals surface area contributed by atoms with Crippen molar-refractivity contribution in [3.63, 3.8) is 0 Å². The Hall–Kier alpha value is -3.31. The van der Waals surface area contributed by atoms with E-state index in [9.17, 15) is 40.3 Å². The second-order valence-electron chi connectivity index (χ2n) is 5.11. The van der Waals surface area contributed by atoms with E-state index < -0.39 is 58.9 Å². The lowest BCUT2D eigenvalue weighted by Gasteiger charge is -2.17. The van der Waals surface area contributed by atoms with Gasteiger partial charge in [0.05, 0.1) is 5.69 Å². The topological polar surface area (TPSA) is 67.4 Å². The van der Waals surface area contributed by atoms with Gasteiger partial charge in [0.25, 0.3) is 5.91 Å². The fourth-order valence-corrected chi connectivity index (χ4v) is 1.90. The zero-order chi connectivity index (χ0) is 21.1. The van der Waals surface area contributed by atoms with Crippen LogP contribution in [0, 0.1) is 17.5 Å². The van der Waals surface area contributed by atoms with Gasteiger partial charge in [0.2, 0.25) is 0 Å². The maximum absolute atomic E-state index is 13.8. The van der Waals surface area contributed by atoms with Gasteiger partial charge < -0.3 is 10.1 Å². The summed E-state index contributed by atoms with van der Waals surface area (Å²) < 4.78 is 94.0. The summed E-state index contributed by atoms with van der Waals surface area (Å²) >= 11 is 0. The van der Waals surface area contributed by atoms with E-state index in [2.05, 4.69) is 4.74 Å². The lowest BCUT2D eigenvalue weighted by Crippen LogP contribution is -2.35. The van der Waals surface area contributed by atoms with Crippen molar-refractivity contribution in [3.05, 3.63) is 59.4 Å². The molecule has 0 heterocycles. The quantitative estimate of drug-likeness (QED) is 0.723. The van der Waals surface area contributed by atoms with Gasteiger partial charge in [-0.05, 0) is 24.3 Å². The van der Waals surface area contributed by atoms with Crippen LogP contribution in [0.3, 0.4) is 0 Å². The number of alkyl halides is 4. The van der Waals surface area contributed by atoms with Crippen LogP contribution < -0.4 is 15.4 Å². The summed E-state index contributed by atoms with van der Waals surface area (Å²) in [6, 6.07) is 2.72. The Labute approximate surface area is 152 Å². The number of hydrogen-bond acceptors (Lipinski definition) is 3. The molecule has 0 spiro atoms. The molecule has 0 saturated heterocycles. The van der Waals surface area contributed by atoms with E-state index in [-0.39, 0.29) is 6.07 Å². The van der Waals surface area contributed by atoms with Crippen LogP contribution in [0.5, 0.6) is 5.75 Å². The molecule has 0 fully saturated rings. The first-order valence-electron chi connectivity index (χ1n) is 7.22. The van der Waals surface area contributed by atoms with Crippen molar-refractivity contribution in [1.29, 1.82) is 0 Å². The van der Waals surface area contributed by atoms with Crippen molar-refractivity contribution >= 4 is 17.6 Å². The van der Waals surface area contributed by atoms with Crippen LogP contribution in [0.1, 0.15) is 10.4 Å². The number of ether oxygens (including phenoxy) is 1. The normalized spacial score (nSPS) is 11.3. The summed E-state index contributed by atoms with van der Waals surface area (Å²) in [7, 11) is 0. The summed E-state index contributed by atoms with van der Waals surface area (Å²) in [5.41, 5.74) is -1.72. The Morgan fingerprint density at radius 2 is 1.57 bits per heavy atom. The monoisotopic (exact) mass is 410 g/mol. The minimum absolute atomic E-state index is 0.282. The fourth-order valence-electron chi connectivity index (χ4n) is 1.90. The molecule has 0 atom stereocenters. The Morgan fingerprint density at radius 3 is 2.11 bits per heavy atom. The van der Waals surface area contributed by atoms with Crippen molar-refractivity contribution in [2.24, 2.45) is 0 Å². The molecular formula is C16H9F7N2O3. The molecular weight excluding hydrogens is 401 g/mol. The predicted octanol–water partition coefficient (Wildman–Crippen LogP) is 4.30. The maximum atomic E-state index is 13.8. The van der Waals surface area contributed by atoms with E-state index in [1.165, 1.54) is 5.32 Å². The SMILES string of the molecule is O=C(NC(=O)c1c(F)cccc1F)Nc1ccc(OC(F)(F)C(F)F)cc1F. The summed E-state index contributed by atoms with van der Waals surface area (Å²) in [4.78, 5) is 23.4. The largest absolute Gasteiger partial charge is 0.461 e. The average Bonchev–Trinajstić information content (AvgIpc) is 2.56. The molecule has 0 radical (unpaired) electrons. The second-order valence-corrected chi connectivity index (χ2v) is 5.11. The van der Waals surface area contributed by atoms with Crippen LogP contribution in [0.2, 0.25) is 0 Å². The smallest absolute Gasteiger partial charge is 0.428 e. The predicted molar refractivity (Wildman–Crippen MR) is 80.8 cm³/mol. The van der Waals surface area contributed by atoms with Gasteiger partial charge in [-0.15, -0.1) is 0 Å². The zero-order valence-corrected chi connectivity index (χ0v) is 13.4. The molecule has 5 nitrogen and oxygen atoms in total. The number of benzene rings is 2. The Balaban J connectivity index is 2.07. The summed E-state index contributed by atoms with van der Waals surface area (Å²) in [6.45, 7) is 0. The van der Waals surface area contributed by atoms with Crippen LogP contribution in [0.15, 0.2) is 36.4 Å². The molecule has 150 valence electrons. The van der Waals surface area contributed by atoms with Crippen molar-refractivity contribution in [1.82, 2.24) is 5.32 Å². The average molecular weight is 410 g/mol. The highest BCUT2D eigenvalue weighted by Crippen LogP contribution is 2.29. The van der Waals surface area contributed by atoms with Gasteiger partial charge in [0.1, 0.15) is 28.8 Å². The first kappa shape index (κ1) is 21.0. The van der Waals surface area contributed by atoms with E-state index in [1.807, 2.05) is 0 Å². The molecule has 0 aliphatic heterocycles. The van der Waals surface area contributed by atoms with Crippen molar-refractivity contribution < 1.29 is 45.1 Å². The Morgan fingerprint density at radius 1 is 0.964 bits per heavy atom. The molecule has 2 N–H and O–H groups in total. The number of nitrogens with one attached hydrogen (secondary N) is 2. The number of imide groups is 1. The third-order valence-electron chi connectivity index (χ3n) is 3.11. The van der Waals surface area contributed by atoms with Gasteiger partial charge in [-0.3, -0.25) is 10.1 Å². The summed E-state index contributed by atoms with van der Waals surface area (Å²) in [6.07, 6.45) is -9.03. The molecule has 0 aliphatic carbocycles. The van der Waals surface area contributed by atoms with Crippen LogP contribution in [0.25, 0.3) is 0 Å².